The van der Waals surface area contributed by atoms with E-state index in [-0.39, 0.29) is 25.6 Å². The lowest BCUT2D eigenvalue weighted by atomic mass is 9.98. The van der Waals surface area contributed by atoms with Crippen molar-refractivity contribution in [2.24, 2.45) is 0 Å². The first-order chi connectivity index (χ1) is 17.0. The summed E-state index contributed by atoms with van der Waals surface area (Å²) < 4.78 is 10.3. The Bertz CT molecular complexity index is 1180. The molecule has 9 heteroatoms. The van der Waals surface area contributed by atoms with Crippen molar-refractivity contribution in [1.29, 1.82) is 0 Å². The van der Waals surface area contributed by atoms with Gasteiger partial charge < -0.3 is 19.9 Å². The predicted octanol–water partition coefficient (Wildman–Crippen LogP) is 3.20. The van der Waals surface area contributed by atoms with Crippen LogP contribution in [-0.4, -0.2) is 54.4 Å². The number of rotatable bonds is 9. The number of hydrogen-bond donors (Lipinski definition) is 3. The molecule has 0 saturated heterocycles. The number of carbonyl (C=O) groups is 3. The summed E-state index contributed by atoms with van der Waals surface area (Å²) in [5, 5.41) is 14.1. The van der Waals surface area contributed by atoms with E-state index in [4.69, 9.17) is 14.6 Å². The van der Waals surface area contributed by atoms with Crippen LogP contribution in [0, 0.1) is 0 Å². The summed E-state index contributed by atoms with van der Waals surface area (Å²) >= 11 is 0. The van der Waals surface area contributed by atoms with E-state index in [0.29, 0.717) is 11.4 Å². The van der Waals surface area contributed by atoms with Crippen LogP contribution in [0.1, 0.15) is 22.7 Å². The molecule has 2 aromatic carbocycles. The summed E-state index contributed by atoms with van der Waals surface area (Å²) in [6.45, 7) is 0.0509. The highest BCUT2D eigenvalue weighted by atomic mass is 16.5. The molecule has 1 aromatic heterocycles. The number of aromatic nitrogens is 1. The molecule has 0 radical (unpaired) electrons. The molecule has 1 aliphatic rings. The van der Waals surface area contributed by atoms with Gasteiger partial charge in [-0.25, -0.2) is 9.59 Å². The lowest BCUT2D eigenvalue weighted by molar-refractivity contribution is -0.143. The molecule has 0 spiro atoms. The predicted molar refractivity (Wildman–Crippen MR) is 128 cm³/mol. The fourth-order valence-corrected chi connectivity index (χ4v) is 4.11. The molecule has 2 amide bonds. The van der Waals surface area contributed by atoms with Crippen molar-refractivity contribution in [1.82, 2.24) is 10.3 Å². The van der Waals surface area contributed by atoms with Crippen LogP contribution in [0.25, 0.3) is 11.1 Å². The van der Waals surface area contributed by atoms with Gasteiger partial charge in [0.05, 0.1) is 24.9 Å². The van der Waals surface area contributed by atoms with Gasteiger partial charge in [0.1, 0.15) is 6.61 Å². The van der Waals surface area contributed by atoms with Crippen molar-refractivity contribution < 1.29 is 29.0 Å². The van der Waals surface area contributed by atoms with Crippen LogP contribution in [0.3, 0.4) is 0 Å². The number of fused-ring (bicyclic) bond motifs is 3. The number of carboxylic acids is 1. The summed E-state index contributed by atoms with van der Waals surface area (Å²) in [7, 11) is 1.35. The minimum Gasteiger partial charge on any atom is -0.480 e. The molecule has 3 N–H and O–H groups in total. The maximum atomic E-state index is 12.4. The fraction of sp³-hybridized carbons (Fsp3) is 0.231. The highest BCUT2D eigenvalue weighted by molar-refractivity contribution is 5.86. The number of carboxylic acid groups (broad SMARTS) is 1. The minimum atomic E-state index is -1.18. The number of methoxy groups -OCH3 is 1. The number of nitrogens with zero attached hydrogens (tertiary/aromatic N) is 1. The van der Waals surface area contributed by atoms with Gasteiger partial charge in [0, 0.05) is 18.7 Å². The van der Waals surface area contributed by atoms with Gasteiger partial charge in [-0.3, -0.25) is 15.1 Å². The maximum Gasteiger partial charge on any atom is 0.411 e. The van der Waals surface area contributed by atoms with Gasteiger partial charge in [0.15, 0.2) is 6.04 Å². The zero-order valence-corrected chi connectivity index (χ0v) is 19.1. The molecule has 35 heavy (non-hydrogen) atoms. The lowest BCUT2D eigenvalue weighted by Crippen LogP contribution is -2.44. The van der Waals surface area contributed by atoms with Gasteiger partial charge in [-0.2, -0.15) is 0 Å². The van der Waals surface area contributed by atoms with Crippen LogP contribution in [0.15, 0.2) is 66.9 Å². The second kappa shape index (κ2) is 10.8. The van der Waals surface area contributed by atoms with Crippen molar-refractivity contribution in [3.63, 3.8) is 0 Å². The first-order valence-electron chi connectivity index (χ1n) is 11.0. The van der Waals surface area contributed by atoms with Crippen LogP contribution in [0.2, 0.25) is 0 Å². The minimum absolute atomic E-state index is 0.0418. The third-order valence-electron chi connectivity index (χ3n) is 5.72. The lowest BCUT2D eigenvalue weighted by Gasteiger charge is -2.15. The Balaban J connectivity index is 1.31. The average Bonchev–Trinajstić information content (AvgIpc) is 3.17. The van der Waals surface area contributed by atoms with Gasteiger partial charge in [-0.1, -0.05) is 48.5 Å². The van der Waals surface area contributed by atoms with E-state index in [1.54, 1.807) is 12.1 Å². The number of hydrogen-bond acceptors (Lipinski definition) is 6. The van der Waals surface area contributed by atoms with E-state index < -0.39 is 24.0 Å². The van der Waals surface area contributed by atoms with Crippen molar-refractivity contribution in [2.75, 3.05) is 25.6 Å². The van der Waals surface area contributed by atoms with Gasteiger partial charge in [-0.05, 0) is 34.4 Å². The SMILES string of the molecule is COCC(NC(=O)Cc1ccc(NC(=O)OCC2c3ccccc3-c3ccccc32)cn1)C(=O)O. The molecule has 180 valence electrons. The van der Waals surface area contributed by atoms with Crippen LogP contribution < -0.4 is 10.6 Å². The van der Waals surface area contributed by atoms with Crippen LogP contribution in [0.4, 0.5) is 10.5 Å². The van der Waals surface area contributed by atoms with Crippen LogP contribution >= 0.6 is 0 Å². The molecule has 0 fully saturated rings. The first-order valence-corrected chi connectivity index (χ1v) is 11.0. The van der Waals surface area contributed by atoms with Crippen molar-refractivity contribution in [2.45, 2.75) is 18.4 Å². The summed E-state index contributed by atoms with van der Waals surface area (Å²) in [6.07, 6.45) is 0.690. The molecule has 1 heterocycles. The number of pyridine rings is 1. The second-order valence-corrected chi connectivity index (χ2v) is 8.08. The zero-order valence-electron chi connectivity index (χ0n) is 19.1. The highest BCUT2D eigenvalue weighted by Crippen LogP contribution is 2.44. The number of carbonyl (C=O) groups excluding carboxylic acids is 2. The Kier molecular flexibility index (Phi) is 7.37. The van der Waals surface area contributed by atoms with Gasteiger partial charge in [0.2, 0.25) is 5.91 Å². The number of aliphatic carboxylic acids is 1. The molecule has 1 aliphatic carbocycles. The van der Waals surface area contributed by atoms with E-state index in [2.05, 4.69) is 27.8 Å². The smallest absolute Gasteiger partial charge is 0.411 e. The summed E-state index contributed by atoms with van der Waals surface area (Å²) in [4.78, 5) is 39.8. The van der Waals surface area contributed by atoms with E-state index in [9.17, 15) is 14.4 Å². The van der Waals surface area contributed by atoms with Crippen LogP contribution in [-0.2, 0) is 25.5 Å². The Morgan fingerprint density at radius 1 is 1.00 bits per heavy atom. The van der Waals surface area contributed by atoms with Gasteiger partial charge >= 0.3 is 12.1 Å². The van der Waals surface area contributed by atoms with Crippen molar-refractivity contribution in [3.05, 3.63) is 83.7 Å². The standard InChI is InChI=1S/C26H25N3O6/c1-34-15-23(25(31)32)29-24(30)12-16-10-11-17(13-27-16)28-26(33)35-14-22-20-8-4-2-6-18(20)19-7-3-5-9-21(19)22/h2-11,13,22-23H,12,14-15H2,1H3,(H,28,33)(H,29,30)(H,31,32). The Labute approximate surface area is 202 Å². The zero-order chi connectivity index (χ0) is 24.8. The monoisotopic (exact) mass is 475 g/mol. The molecule has 0 bridgehead atoms. The fourth-order valence-electron chi connectivity index (χ4n) is 4.11. The molecule has 0 aliphatic heterocycles. The normalized spacial score (nSPS) is 12.8. The molecule has 0 saturated carbocycles. The summed E-state index contributed by atoms with van der Waals surface area (Å²) in [5.41, 5.74) is 5.38. The number of ether oxygens (including phenoxy) is 2. The summed E-state index contributed by atoms with van der Waals surface area (Å²) in [6, 6.07) is 18.2. The quantitative estimate of drug-likeness (QED) is 0.434. The summed E-state index contributed by atoms with van der Waals surface area (Å²) in [5.74, 6) is -1.73. The van der Waals surface area contributed by atoms with Crippen molar-refractivity contribution >= 4 is 23.7 Å². The Morgan fingerprint density at radius 3 is 2.23 bits per heavy atom. The number of nitrogens with one attached hydrogen (secondary N) is 2. The van der Waals surface area contributed by atoms with Crippen molar-refractivity contribution in [3.8, 4) is 11.1 Å². The molecular formula is C26H25N3O6. The van der Waals surface area contributed by atoms with Gasteiger partial charge in [0.25, 0.3) is 0 Å². The van der Waals surface area contributed by atoms with E-state index in [1.165, 1.54) is 13.3 Å². The number of anilines is 1. The first kappa shape index (κ1) is 23.9. The average molecular weight is 476 g/mol. The number of amides is 2. The molecule has 3 aromatic rings. The molecule has 4 rings (SSSR count). The Morgan fingerprint density at radius 2 is 1.66 bits per heavy atom. The molecular weight excluding hydrogens is 450 g/mol. The molecule has 9 nitrogen and oxygen atoms in total. The number of benzene rings is 2. The largest absolute Gasteiger partial charge is 0.480 e. The maximum absolute atomic E-state index is 12.4. The van der Waals surface area contributed by atoms with E-state index in [1.807, 2.05) is 36.4 Å². The highest BCUT2D eigenvalue weighted by Gasteiger charge is 2.29. The third-order valence-corrected chi connectivity index (χ3v) is 5.72. The van der Waals surface area contributed by atoms with Crippen LogP contribution in [0.5, 0.6) is 0 Å². The third kappa shape index (κ3) is 5.64. The Hall–Kier alpha value is -4.24. The molecule has 1 atom stereocenters. The van der Waals surface area contributed by atoms with E-state index >= 15 is 0 Å². The second-order valence-electron chi connectivity index (χ2n) is 8.08. The van der Waals surface area contributed by atoms with Gasteiger partial charge in [-0.15, -0.1) is 0 Å². The topological polar surface area (TPSA) is 127 Å². The molecule has 1 unspecified atom stereocenters. The van der Waals surface area contributed by atoms with E-state index in [0.717, 1.165) is 22.3 Å².